The van der Waals surface area contributed by atoms with Crippen LogP contribution in [0.25, 0.3) is 10.8 Å². The Labute approximate surface area is 158 Å². The van der Waals surface area contributed by atoms with Crippen LogP contribution in [0, 0.1) is 0 Å². The fourth-order valence-electron chi connectivity index (χ4n) is 2.59. The van der Waals surface area contributed by atoms with E-state index >= 15 is 0 Å². The largest absolute Gasteiger partial charge is 0.507 e. The zero-order valence-electron chi connectivity index (χ0n) is 14.1. The number of carboxylic acid groups (broad SMARTS) is 1. The van der Waals surface area contributed by atoms with E-state index in [0.29, 0.717) is 0 Å². The van der Waals surface area contributed by atoms with Gasteiger partial charge in [-0.3, -0.25) is 4.55 Å². The molecule has 144 valence electrons. The Kier molecular flexibility index (Phi) is 4.63. The summed E-state index contributed by atoms with van der Waals surface area (Å²) >= 11 is 0. The summed E-state index contributed by atoms with van der Waals surface area (Å²) in [4.78, 5) is 10.8. The van der Waals surface area contributed by atoms with Crippen LogP contribution < -0.4 is 11.5 Å². The molecule has 0 aliphatic heterocycles. The molecule has 3 aromatic carbocycles. The molecule has 0 heterocycles. The maximum atomic E-state index is 11.3. The van der Waals surface area contributed by atoms with E-state index < -0.39 is 26.7 Å². The number of aromatic hydroxyl groups is 1. The standard InChI is InChI=1S/C17H14N4O6S/c18-9-2-3-11(17(23)24)13(6-9)20-21-16-12(19)4-1-8-5-10(28(25,26)27)7-14(22)15(8)16/h1-7,22H,18-19H2,(H,23,24)(H,25,26,27). The zero-order chi connectivity index (χ0) is 20.6. The van der Waals surface area contributed by atoms with E-state index in [9.17, 15) is 28.0 Å². The molecule has 0 bridgehead atoms. The minimum Gasteiger partial charge on any atom is -0.507 e. The first-order chi connectivity index (χ1) is 13.1. The normalized spacial score (nSPS) is 11.9. The number of nitrogens with two attached hydrogens (primary N) is 2. The number of anilines is 2. The van der Waals surface area contributed by atoms with Crippen LogP contribution in [-0.2, 0) is 10.1 Å². The van der Waals surface area contributed by atoms with Gasteiger partial charge >= 0.3 is 5.97 Å². The Balaban J connectivity index is 2.22. The van der Waals surface area contributed by atoms with Crippen molar-refractivity contribution in [2.75, 3.05) is 11.5 Å². The Morgan fingerprint density at radius 1 is 1.00 bits per heavy atom. The molecule has 11 heteroatoms. The van der Waals surface area contributed by atoms with E-state index in [1.807, 2.05) is 0 Å². The lowest BCUT2D eigenvalue weighted by Gasteiger charge is -2.09. The molecule has 0 saturated carbocycles. The number of carbonyl (C=O) groups is 1. The number of carboxylic acids is 1. The second-order valence-electron chi connectivity index (χ2n) is 5.80. The molecule has 0 saturated heterocycles. The second kappa shape index (κ2) is 6.79. The summed E-state index contributed by atoms with van der Waals surface area (Å²) < 4.78 is 31.9. The van der Waals surface area contributed by atoms with Crippen molar-refractivity contribution < 1.29 is 28.0 Å². The van der Waals surface area contributed by atoms with Crippen LogP contribution in [0.2, 0.25) is 0 Å². The predicted octanol–water partition coefficient (Wildman–Crippen LogP) is 3.07. The number of fused-ring (bicyclic) bond motifs is 1. The topological polar surface area (TPSA) is 189 Å². The number of hydrogen-bond donors (Lipinski definition) is 5. The van der Waals surface area contributed by atoms with Crippen LogP contribution in [0.4, 0.5) is 22.7 Å². The first kappa shape index (κ1) is 19.1. The molecule has 0 fully saturated rings. The van der Waals surface area contributed by atoms with Crippen molar-refractivity contribution in [1.82, 2.24) is 0 Å². The summed E-state index contributed by atoms with van der Waals surface area (Å²) in [6.07, 6.45) is 0. The van der Waals surface area contributed by atoms with Gasteiger partial charge in [-0.15, -0.1) is 10.2 Å². The molecule has 0 amide bonds. The van der Waals surface area contributed by atoms with Crippen LogP contribution in [0.3, 0.4) is 0 Å². The SMILES string of the molecule is Nc1ccc(C(=O)O)c(N=Nc2c(N)ccc3cc(S(=O)(=O)O)cc(O)c23)c1. The van der Waals surface area contributed by atoms with E-state index in [4.69, 9.17) is 11.5 Å². The molecule has 3 aromatic rings. The number of rotatable bonds is 4. The molecule has 0 atom stereocenters. The highest BCUT2D eigenvalue weighted by Gasteiger charge is 2.17. The van der Waals surface area contributed by atoms with Gasteiger partial charge in [-0.1, -0.05) is 6.07 Å². The van der Waals surface area contributed by atoms with Gasteiger partial charge in [-0.05, 0) is 35.7 Å². The average Bonchev–Trinajstić information content (AvgIpc) is 2.60. The molecule has 7 N–H and O–H groups in total. The summed E-state index contributed by atoms with van der Waals surface area (Å²) in [6, 6.07) is 8.80. The second-order valence-corrected chi connectivity index (χ2v) is 7.22. The summed E-state index contributed by atoms with van der Waals surface area (Å²) in [7, 11) is -4.54. The van der Waals surface area contributed by atoms with Crippen LogP contribution in [0.1, 0.15) is 10.4 Å². The highest BCUT2D eigenvalue weighted by molar-refractivity contribution is 7.85. The molecule has 3 rings (SSSR count). The lowest BCUT2D eigenvalue weighted by Crippen LogP contribution is -1.98. The highest BCUT2D eigenvalue weighted by Crippen LogP contribution is 2.40. The third kappa shape index (κ3) is 3.56. The molecule has 0 aromatic heterocycles. The molecule has 0 aliphatic carbocycles. The van der Waals surface area contributed by atoms with E-state index in [-0.39, 0.29) is 39.1 Å². The maximum Gasteiger partial charge on any atom is 0.337 e. The van der Waals surface area contributed by atoms with E-state index in [0.717, 1.165) is 12.1 Å². The molecular weight excluding hydrogens is 388 g/mol. The molecule has 10 nitrogen and oxygen atoms in total. The number of phenols is 1. The fraction of sp³-hybridized carbons (Fsp3) is 0. The van der Waals surface area contributed by atoms with Crippen molar-refractivity contribution in [1.29, 1.82) is 0 Å². The molecule has 28 heavy (non-hydrogen) atoms. The number of benzene rings is 3. The Bertz CT molecular complexity index is 1250. The minimum atomic E-state index is -4.54. The van der Waals surface area contributed by atoms with Gasteiger partial charge in [0.2, 0.25) is 0 Å². The van der Waals surface area contributed by atoms with E-state index in [1.54, 1.807) is 0 Å². The number of nitrogen functional groups attached to an aromatic ring is 2. The van der Waals surface area contributed by atoms with Gasteiger partial charge in [-0.25, -0.2) is 4.79 Å². The summed E-state index contributed by atoms with van der Waals surface area (Å²) in [6.45, 7) is 0. The first-order valence-corrected chi connectivity index (χ1v) is 9.09. The smallest absolute Gasteiger partial charge is 0.337 e. The van der Waals surface area contributed by atoms with Crippen LogP contribution in [0.5, 0.6) is 5.75 Å². The minimum absolute atomic E-state index is 0.00403. The van der Waals surface area contributed by atoms with Crippen molar-refractivity contribution in [3.05, 3.63) is 48.0 Å². The first-order valence-electron chi connectivity index (χ1n) is 7.65. The number of nitrogens with zero attached hydrogens (tertiary/aromatic N) is 2. The maximum absolute atomic E-state index is 11.3. The van der Waals surface area contributed by atoms with Crippen molar-refractivity contribution in [3.8, 4) is 5.75 Å². The van der Waals surface area contributed by atoms with E-state index in [2.05, 4.69) is 10.2 Å². The van der Waals surface area contributed by atoms with Crippen molar-refractivity contribution in [3.63, 3.8) is 0 Å². The van der Waals surface area contributed by atoms with E-state index in [1.165, 1.54) is 30.3 Å². The van der Waals surface area contributed by atoms with Crippen molar-refractivity contribution >= 4 is 49.6 Å². The van der Waals surface area contributed by atoms with Gasteiger partial charge in [0.1, 0.15) is 17.1 Å². The molecule has 0 spiro atoms. The molecule has 0 unspecified atom stereocenters. The number of azo groups is 1. The van der Waals surface area contributed by atoms with Gasteiger partial charge in [0.15, 0.2) is 0 Å². The summed E-state index contributed by atoms with van der Waals surface area (Å²) in [5, 5.41) is 27.6. The summed E-state index contributed by atoms with van der Waals surface area (Å²) in [5.41, 5.74) is 11.8. The number of hydrogen-bond acceptors (Lipinski definition) is 8. The number of phenolic OH excluding ortho intramolecular Hbond substituents is 1. The zero-order valence-corrected chi connectivity index (χ0v) is 14.9. The summed E-state index contributed by atoms with van der Waals surface area (Å²) in [5.74, 6) is -1.74. The van der Waals surface area contributed by atoms with Gasteiger partial charge < -0.3 is 21.7 Å². The van der Waals surface area contributed by atoms with Crippen molar-refractivity contribution in [2.45, 2.75) is 4.90 Å². The molecule has 0 aliphatic rings. The Hall–Kier alpha value is -3.70. The van der Waals surface area contributed by atoms with Crippen molar-refractivity contribution in [2.24, 2.45) is 10.2 Å². The van der Waals surface area contributed by atoms with Crippen LogP contribution in [0.15, 0.2) is 57.6 Å². The third-order valence-corrected chi connectivity index (χ3v) is 4.71. The molecular formula is C17H14N4O6S. The van der Waals surface area contributed by atoms with Gasteiger partial charge in [0.05, 0.1) is 21.5 Å². The van der Waals surface area contributed by atoms with Gasteiger partial charge in [0.25, 0.3) is 10.1 Å². The van der Waals surface area contributed by atoms with Crippen LogP contribution >= 0.6 is 0 Å². The van der Waals surface area contributed by atoms with Crippen LogP contribution in [-0.4, -0.2) is 29.2 Å². The third-order valence-electron chi connectivity index (χ3n) is 3.88. The lowest BCUT2D eigenvalue weighted by atomic mass is 10.1. The van der Waals surface area contributed by atoms with Gasteiger partial charge in [-0.2, -0.15) is 8.42 Å². The Morgan fingerprint density at radius 2 is 1.71 bits per heavy atom. The predicted molar refractivity (Wildman–Crippen MR) is 102 cm³/mol. The lowest BCUT2D eigenvalue weighted by molar-refractivity contribution is 0.0697. The molecule has 0 radical (unpaired) electrons. The monoisotopic (exact) mass is 402 g/mol. The fourth-order valence-corrected chi connectivity index (χ4v) is 3.12. The number of aromatic carboxylic acids is 1. The quantitative estimate of drug-likeness (QED) is 0.250. The van der Waals surface area contributed by atoms with Gasteiger partial charge in [0, 0.05) is 11.8 Å². The highest BCUT2D eigenvalue weighted by atomic mass is 32.2. The Morgan fingerprint density at radius 3 is 2.36 bits per heavy atom. The average molecular weight is 402 g/mol.